The number of carbonyl (C=O) groups is 1. The molecule has 0 spiro atoms. The van der Waals surface area contributed by atoms with Crippen molar-refractivity contribution < 1.29 is 14.6 Å². The van der Waals surface area contributed by atoms with E-state index in [9.17, 15) is 4.79 Å². The van der Waals surface area contributed by atoms with Crippen molar-refractivity contribution in [1.29, 1.82) is 0 Å². The van der Waals surface area contributed by atoms with Crippen LogP contribution in [-0.4, -0.2) is 47.2 Å². The van der Waals surface area contributed by atoms with Crippen LogP contribution in [-0.2, 0) is 0 Å². The molecule has 2 rings (SSSR count). The quantitative estimate of drug-likeness (QED) is 0.830. The predicted octanol–water partition coefficient (Wildman–Crippen LogP) is 1.56. The first kappa shape index (κ1) is 12.8. The van der Waals surface area contributed by atoms with Crippen molar-refractivity contribution in [2.45, 2.75) is 25.8 Å². The normalized spacial score (nSPS) is 14.8. The molecule has 1 fully saturated rings. The maximum absolute atomic E-state index is 11.1. The van der Waals surface area contributed by atoms with Crippen molar-refractivity contribution in [3.8, 4) is 5.88 Å². The summed E-state index contributed by atoms with van der Waals surface area (Å²) in [6.07, 6.45) is 4.07. The van der Waals surface area contributed by atoms with E-state index in [4.69, 9.17) is 9.84 Å². The maximum Gasteiger partial charge on any atom is 0.341 e. The predicted molar refractivity (Wildman–Crippen MR) is 67.1 cm³/mol. The lowest BCUT2D eigenvalue weighted by molar-refractivity contribution is 0.0689. The average Bonchev–Trinajstić information content (AvgIpc) is 3.12. The van der Waals surface area contributed by atoms with E-state index in [-0.39, 0.29) is 11.4 Å². The van der Waals surface area contributed by atoms with Crippen LogP contribution in [0.5, 0.6) is 5.88 Å². The van der Waals surface area contributed by atoms with Gasteiger partial charge in [-0.15, -0.1) is 0 Å². The summed E-state index contributed by atoms with van der Waals surface area (Å²) in [6.45, 7) is 3.00. The standard InChI is InChI=1S/C13H18N2O3/c1-9-5-6-14-12(11(9)13(16)17)18-8-7-15(2)10-3-4-10/h5-6,10H,3-4,7-8H2,1-2H3,(H,16,17). The highest BCUT2D eigenvalue weighted by Gasteiger charge is 2.25. The zero-order chi connectivity index (χ0) is 13.1. The van der Waals surface area contributed by atoms with E-state index in [0.717, 1.165) is 6.54 Å². The number of carboxylic acids is 1. The number of aryl methyl sites for hydroxylation is 1. The van der Waals surface area contributed by atoms with Gasteiger partial charge in [-0.2, -0.15) is 0 Å². The van der Waals surface area contributed by atoms with Gasteiger partial charge in [0.25, 0.3) is 0 Å². The topological polar surface area (TPSA) is 62.7 Å². The minimum Gasteiger partial charge on any atom is -0.477 e. The summed E-state index contributed by atoms with van der Waals surface area (Å²) in [6, 6.07) is 2.35. The van der Waals surface area contributed by atoms with Crippen LogP contribution >= 0.6 is 0 Å². The van der Waals surface area contributed by atoms with Crippen molar-refractivity contribution >= 4 is 5.97 Å². The van der Waals surface area contributed by atoms with Gasteiger partial charge in [-0.1, -0.05) is 0 Å². The van der Waals surface area contributed by atoms with E-state index >= 15 is 0 Å². The van der Waals surface area contributed by atoms with Gasteiger partial charge in [0.05, 0.1) is 0 Å². The fourth-order valence-electron chi connectivity index (χ4n) is 1.89. The largest absolute Gasteiger partial charge is 0.477 e. The first-order valence-corrected chi connectivity index (χ1v) is 6.11. The minimum absolute atomic E-state index is 0.159. The fourth-order valence-corrected chi connectivity index (χ4v) is 1.89. The van der Waals surface area contributed by atoms with E-state index in [1.807, 2.05) is 0 Å². The molecule has 0 atom stereocenters. The third-order valence-corrected chi connectivity index (χ3v) is 3.19. The van der Waals surface area contributed by atoms with Gasteiger partial charge in [0.15, 0.2) is 0 Å². The molecule has 0 aliphatic heterocycles. The van der Waals surface area contributed by atoms with Crippen LogP contribution in [0.1, 0.15) is 28.8 Å². The van der Waals surface area contributed by atoms with Crippen LogP contribution in [0.3, 0.4) is 0 Å². The maximum atomic E-state index is 11.1. The molecule has 18 heavy (non-hydrogen) atoms. The van der Waals surface area contributed by atoms with Crippen molar-refractivity contribution in [1.82, 2.24) is 9.88 Å². The first-order valence-electron chi connectivity index (χ1n) is 6.11. The number of pyridine rings is 1. The summed E-state index contributed by atoms with van der Waals surface area (Å²) in [4.78, 5) is 17.4. The second-order valence-electron chi connectivity index (χ2n) is 4.67. The summed E-state index contributed by atoms with van der Waals surface area (Å²) in [5.41, 5.74) is 0.828. The molecule has 5 heteroatoms. The van der Waals surface area contributed by atoms with Gasteiger partial charge in [0.2, 0.25) is 5.88 Å². The lowest BCUT2D eigenvalue weighted by atomic mass is 10.1. The van der Waals surface area contributed by atoms with E-state index < -0.39 is 5.97 Å². The summed E-state index contributed by atoms with van der Waals surface area (Å²) < 4.78 is 5.49. The average molecular weight is 250 g/mol. The van der Waals surface area contributed by atoms with Gasteiger partial charge in [0.1, 0.15) is 12.2 Å². The summed E-state index contributed by atoms with van der Waals surface area (Å²) in [5, 5.41) is 9.12. The number of nitrogens with zero attached hydrogens (tertiary/aromatic N) is 2. The van der Waals surface area contributed by atoms with Crippen LogP contribution in [0.4, 0.5) is 0 Å². The van der Waals surface area contributed by atoms with Crippen molar-refractivity contribution in [3.63, 3.8) is 0 Å². The van der Waals surface area contributed by atoms with Crippen LogP contribution in [0.15, 0.2) is 12.3 Å². The van der Waals surface area contributed by atoms with Crippen molar-refractivity contribution in [2.75, 3.05) is 20.2 Å². The molecular formula is C13H18N2O3. The zero-order valence-corrected chi connectivity index (χ0v) is 10.7. The van der Waals surface area contributed by atoms with E-state index in [0.29, 0.717) is 18.2 Å². The van der Waals surface area contributed by atoms with Crippen molar-refractivity contribution in [2.24, 2.45) is 0 Å². The van der Waals surface area contributed by atoms with Gasteiger partial charge in [-0.05, 0) is 38.4 Å². The summed E-state index contributed by atoms with van der Waals surface area (Å²) >= 11 is 0. The van der Waals surface area contributed by atoms with Crippen molar-refractivity contribution in [3.05, 3.63) is 23.4 Å². The number of ether oxygens (including phenoxy) is 1. The van der Waals surface area contributed by atoms with Gasteiger partial charge in [-0.3, -0.25) is 0 Å². The number of hydrogen-bond donors (Lipinski definition) is 1. The van der Waals surface area contributed by atoms with E-state index in [1.165, 1.54) is 12.8 Å². The lowest BCUT2D eigenvalue weighted by Crippen LogP contribution is -2.26. The zero-order valence-electron chi connectivity index (χ0n) is 10.7. The number of aromatic nitrogens is 1. The molecule has 0 aromatic carbocycles. The molecular weight excluding hydrogens is 232 g/mol. The number of carboxylic acid groups (broad SMARTS) is 1. The molecule has 1 aromatic heterocycles. The second-order valence-corrected chi connectivity index (χ2v) is 4.67. The first-order chi connectivity index (χ1) is 8.59. The Morgan fingerprint density at radius 1 is 1.61 bits per heavy atom. The van der Waals surface area contributed by atoms with Crippen LogP contribution in [0.2, 0.25) is 0 Å². The highest BCUT2D eigenvalue weighted by molar-refractivity contribution is 5.91. The Labute approximate surface area is 106 Å². The van der Waals surface area contributed by atoms with Gasteiger partial charge in [0, 0.05) is 18.8 Å². The molecule has 1 aliphatic rings. The third-order valence-electron chi connectivity index (χ3n) is 3.19. The number of hydrogen-bond acceptors (Lipinski definition) is 4. The number of aromatic carboxylic acids is 1. The Hall–Kier alpha value is -1.62. The Morgan fingerprint density at radius 3 is 2.94 bits per heavy atom. The summed E-state index contributed by atoms with van der Waals surface area (Å²) in [7, 11) is 2.06. The Balaban J connectivity index is 1.95. The molecule has 0 unspecified atom stereocenters. The fraction of sp³-hybridized carbons (Fsp3) is 0.538. The second kappa shape index (κ2) is 5.35. The van der Waals surface area contributed by atoms with Crippen LogP contribution in [0, 0.1) is 6.92 Å². The lowest BCUT2D eigenvalue weighted by Gasteiger charge is -2.16. The highest BCUT2D eigenvalue weighted by Crippen LogP contribution is 2.25. The number of likely N-dealkylation sites (N-methyl/N-ethyl adjacent to an activating group) is 1. The SMILES string of the molecule is Cc1ccnc(OCCN(C)C2CC2)c1C(=O)O. The van der Waals surface area contributed by atoms with E-state index in [2.05, 4.69) is 16.9 Å². The van der Waals surface area contributed by atoms with Gasteiger partial charge >= 0.3 is 5.97 Å². The Morgan fingerprint density at radius 2 is 2.33 bits per heavy atom. The Kier molecular flexibility index (Phi) is 3.81. The van der Waals surface area contributed by atoms with E-state index in [1.54, 1.807) is 19.2 Å². The monoisotopic (exact) mass is 250 g/mol. The molecule has 0 saturated heterocycles. The molecule has 1 heterocycles. The number of rotatable bonds is 6. The van der Waals surface area contributed by atoms with Crippen LogP contribution in [0.25, 0.3) is 0 Å². The molecule has 0 radical (unpaired) electrons. The minimum atomic E-state index is -0.994. The third kappa shape index (κ3) is 2.98. The molecule has 1 N–H and O–H groups in total. The molecule has 0 bridgehead atoms. The molecule has 5 nitrogen and oxygen atoms in total. The van der Waals surface area contributed by atoms with Gasteiger partial charge in [-0.25, -0.2) is 9.78 Å². The molecule has 0 amide bonds. The molecule has 98 valence electrons. The molecule has 1 saturated carbocycles. The molecule has 1 aromatic rings. The Bertz CT molecular complexity index is 444. The highest BCUT2D eigenvalue weighted by atomic mass is 16.5. The van der Waals surface area contributed by atoms with Crippen LogP contribution < -0.4 is 4.74 Å². The molecule has 1 aliphatic carbocycles. The smallest absolute Gasteiger partial charge is 0.341 e. The summed E-state index contributed by atoms with van der Waals surface area (Å²) in [5.74, 6) is -0.780. The van der Waals surface area contributed by atoms with Gasteiger partial charge < -0.3 is 14.7 Å².